The van der Waals surface area contributed by atoms with Crippen molar-refractivity contribution in [2.45, 2.75) is 13.0 Å². The van der Waals surface area contributed by atoms with E-state index in [2.05, 4.69) is 25.4 Å². The van der Waals surface area contributed by atoms with Crippen molar-refractivity contribution in [3.63, 3.8) is 0 Å². The molecule has 0 amide bonds. The molecule has 1 atom stereocenters. The van der Waals surface area contributed by atoms with Crippen LogP contribution in [0.1, 0.15) is 18.9 Å². The van der Waals surface area contributed by atoms with Crippen molar-refractivity contribution >= 4 is 5.65 Å². The molecule has 1 N–H and O–H groups in total. The standard InChI is InChI=1S/C22H19N7O2/c1-14(20-23-13-24-26-20)31-22-18(15-6-4-3-5-7-15)12-19-25-27-21(29(19)28-22)16-8-10-17(30-2)11-9-16/h3-14H,1-2H3,(H,23,24,26). The van der Waals surface area contributed by atoms with Crippen molar-refractivity contribution in [3.05, 3.63) is 72.8 Å². The molecule has 3 aromatic heterocycles. The molecule has 5 aromatic rings. The predicted molar refractivity (Wildman–Crippen MR) is 114 cm³/mol. The summed E-state index contributed by atoms with van der Waals surface area (Å²) in [4.78, 5) is 4.19. The van der Waals surface area contributed by atoms with Gasteiger partial charge in [-0.15, -0.1) is 15.3 Å². The third-order valence-electron chi connectivity index (χ3n) is 4.90. The molecule has 0 fully saturated rings. The summed E-state index contributed by atoms with van der Waals surface area (Å²) in [5.41, 5.74) is 3.26. The molecule has 9 nitrogen and oxygen atoms in total. The van der Waals surface area contributed by atoms with Crippen molar-refractivity contribution in [3.8, 4) is 34.1 Å². The van der Waals surface area contributed by atoms with Crippen LogP contribution in [-0.2, 0) is 0 Å². The molecule has 0 aliphatic heterocycles. The molecule has 31 heavy (non-hydrogen) atoms. The summed E-state index contributed by atoms with van der Waals surface area (Å²) < 4.78 is 13.1. The second kappa shape index (κ2) is 7.86. The van der Waals surface area contributed by atoms with Crippen LogP contribution < -0.4 is 9.47 Å². The maximum absolute atomic E-state index is 6.21. The second-order valence-electron chi connectivity index (χ2n) is 6.88. The summed E-state index contributed by atoms with van der Waals surface area (Å²) in [6.45, 7) is 1.89. The molecule has 0 aliphatic carbocycles. The topological polar surface area (TPSA) is 103 Å². The predicted octanol–water partition coefficient (Wildman–Crippen LogP) is 3.73. The van der Waals surface area contributed by atoms with Crippen LogP contribution in [0.3, 0.4) is 0 Å². The Morgan fingerprint density at radius 1 is 0.968 bits per heavy atom. The van der Waals surface area contributed by atoms with E-state index < -0.39 is 0 Å². The number of aromatic nitrogens is 7. The fourth-order valence-corrected chi connectivity index (χ4v) is 3.28. The average molecular weight is 413 g/mol. The normalized spacial score (nSPS) is 12.1. The van der Waals surface area contributed by atoms with Gasteiger partial charge in [0, 0.05) is 11.1 Å². The van der Waals surface area contributed by atoms with Gasteiger partial charge in [0.25, 0.3) is 0 Å². The first-order valence-corrected chi connectivity index (χ1v) is 9.71. The van der Waals surface area contributed by atoms with Gasteiger partial charge in [-0.3, -0.25) is 5.10 Å². The lowest BCUT2D eigenvalue weighted by molar-refractivity contribution is 0.206. The van der Waals surface area contributed by atoms with Gasteiger partial charge in [0.1, 0.15) is 12.1 Å². The zero-order valence-corrected chi connectivity index (χ0v) is 16.9. The van der Waals surface area contributed by atoms with E-state index in [0.29, 0.717) is 23.2 Å². The number of fused-ring (bicyclic) bond motifs is 1. The van der Waals surface area contributed by atoms with Crippen LogP contribution in [0.4, 0.5) is 0 Å². The average Bonchev–Trinajstić information content (AvgIpc) is 3.49. The Hall–Kier alpha value is -4.27. The summed E-state index contributed by atoms with van der Waals surface area (Å²) in [5, 5.41) is 20.2. The number of aromatic amines is 1. The quantitative estimate of drug-likeness (QED) is 0.452. The van der Waals surface area contributed by atoms with E-state index in [1.54, 1.807) is 11.6 Å². The number of hydrogen-bond donors (Lipinski definition) is 1. The third-order valence-corrected chi connectivity index (χ3v) is 4.90. The van der Waals surface area contributed by atoms with Crippen LogP contribution in [0.2, 0.25) is 0 Å². The monoisotopic (exact) mass is 413 g/mol. The van der Waals surface area contributed by atoms with Gasteiger partial charge < -0.3 is 9.47 Å². The highest BCUT2D eigenvalue weighted by molar-refractivity contribution is 5.73. The highest BCUT2D eigenvalue weighted by atomic mass is 16.5. The largest absolute Gasteiger partial charge is 0.497 e. The molecule has 1 unspecified atom stereocenters. The van der Waals surface area contributed by atoms with Crippen LogP contribution in [0.25, 0.3) is 28.2 Å². The van der Waals surface area contributed by atoms with Crippen molar-refractivity contribution < 1.29 is 9.47 Å². The summed E-state index contributed by atoms with van der Waals surface area (Å²) >= 11 is 0. The van der Waals surface area contributed by atoms with E-state index in [1.807, 2.05) is 67.6 Å². The Morgan fingerprint density at radius 3 is 2.48 bits per heavy atom. The van der Waals surface area contributed by atoms with E-state index >= 15 is 0 Å². The molecule has 0 aliphatic rings. The maximum Gasteiger partial charge on any atom is 0.240 e. The molecule has 5 rings (SSSR count). The Balaban J connectivity index is 1.63. The highest BCUT2D eigenvalue weighted by Gasteiger charge is 2.19. The van der Waals surface area contributed by atoms with Crippen LogP contribution in [0.15, 0.2) is 67.0 Å². The van der Waals surface area contributed by atoms with Gasteiger partial charge in [-0.05, 0) is 42.8 Å². The van der Waals surface area contributed by atoms with Gasteiger partial charge in [-0.2, -0.15) is 9.61 Å². The lowest BCUT2D eigenvalue weighted by Gasteiger charge is -2.15. The molecule has 9 heteroatoms. The van der Waals surface area contributed by atoms with Gasteiger partial charge in [-0.25, -0.2) is 4.98 Å². The summed E-state index contributed by atoms with van der Waals surface area (Å²) in [5.74, 6) is 2.42. The van der Waals surface area contributed by atoms with Gasteiger partial charge in [0.05, 0.1) is 7.11 Å². The smallest absolute Gasteiger partial charge is 0.240 e. The molecular weight excluding hydrogens is 394 g/mol. The van der Waals surface area contributed by atoms with Crippen LogP contribution in [-0.4, -0.2) is 42.1 Å². The van der Waals surface area contributed by atoms with Crippen molar-refractivity contribution in [1.82, 2.24) is 35.0 Å². The Bertz CT molecular complexity index is 1300. The van der Waals surface area contributed by atoms with Crippen LogP contribution >= 0.6 is 0 Å². The van der Waals surface area contributed by atoms with E-state index in [9.17, 15) is 0 Å². The Kier molecular flexibility index (Phi) is 4.75. The van der Waals surface area contributed by atoms with Crippen molar-refractivity contribution in [2.75, 3.05) is 7.11 Å². The minimum Gasteiger partial charge on any atom is -0.497 e. The highest BCUT2D eigenvalue weighted by Crippen LogP contribution is 2.32. The minimum absolute atomic E-state index is 0.379. The minimum atomic E-state index is -0.379. The molecular formula is C22H19N7O2. The number of rotatable bonds is 6. The lowest BCUT2D eigenvalue weighted by Crippen LogP contribution is -2.09. The summed E-state index contributed by atoms with van der Waals surface area (Å²) in [7, 11) is 1.63. The van der Waals surface area contributed by atoms with Crippen LogP contribution in [0, 0.1) is 0 Å². The molecule has 0 saturated carbocycles. The first-order valence-electron chi connectivity index (χ1n) is 9.71. The molecule has 154 valence electrons. The fourth-order valence-electron chi connectivity index (χ4n) is 3.28. The zero-order chi connectivity index (χ0) is 21.2. The van der Waals surface area contributed by atoms with Gasteiger partial charge in [0.2, 0.25) is 5.88 Å². The number of H-pyrrole nitrogens is 1. The van der Waals surface area contributed by atoms with Crippen LogP contribution in [0.5, 0.6) is 11.6 Å². The Morgan fingerprint density at radius 2 is 1.77 bits per heavy atom. The lowest BCUT2D eigenvalue weighted by atomic mass is 10.1. The van der Waals surface area contributed by atoms with E-state index in [4.69, 9.17) is 14.6 Å². The molecule has 0 spiro atoms. The van der Waals surface area contributed by atoms with Crippen molar-refractivity contribution in [1.29, 1.82) is 0 Å². The second-order valence-corrected chi connectivity index (χ2v) is 6.88. The number of nitrogens with one attached hydrogen (secondary N) is 1. The fraction of sp³-hybridized carbons (Fsp3) is 0.136. The summed E-state index contributed by atoms with van der Waals surface area (Å²) in [6.07, 6.45) is 1.07. The van der Waals surface area contributed by atoms with Gasteiger partial charge in [-0.1, -0.05) is 30.3 Å². The van der Waals surface area contributed by atoms with E-state index in [0.717, 1.165) is 22.4 Å². The summed E-state index contributed by atoms with van der Waals surface area (Å²) in [6, 6.07) is 19.4. The Labute approximate surface area is 177 Å². The molecule has 3 heterocycles. The SMILES string of the molecule is COc1ccc(-c2nnc3cc(-c4ccccc4)c(OC(C)c4ncn[nH]4)nn23)cc1. The maximum atomic E-state index is 6.21. The molecule has 0 bridgehead atoms. The molecule has 0 saturated heterocycles. The number of ether oxygens (including phenoxy) is 2. The number of methoxy groups -OCH3 is 1. The molecule has 2 aromatic carbocycles. The first kappa shape index (κ1) is 18.7. The van der Waals surface area contributed by atoms with E-state index in [-0.39, 0.29) is 6.10 Å². The zero-order valence-electron chi connectivity index (χ0n) is 16.9. The number of nitrogens with zero attached hydrogens (tertiary/aromatic N) is 6. The van der Waals surface area contributed by atoms with E-state index in [1.165, 1.54) is 6.33 Å². The van der Waals surface area contributed by atoms with Gasteiger partial charge >= 0.3 is 0 Å². The van der Waals surface area contributed by atoms with Gasteiger partial charge in [0.15, 0.2) is 23.4 Å². The first-order chi connectivity index (χ1) is 15.2. The number of benzene rings is 2. The third kappa shape index (κ3) is 3.57. The van der Waals surface area contributed by atoms with Crippen molar-refractivity contribution in [2.24, 2.45) is 0 Å². The number of hydrogen-bond acceptors (Lipinski definition) is 7. The molecule has 0 radical (unpaired) electrons.